The van der Waals surface area contributed by atoms with Crippen LogP contribution in [-0.2, 0) is 0 Å². The molecule has 2 aromatic rings. The molecular weight excluding hydrogens is 196 g/mol. The van der Waals surface area contributed by atoms with E-state index in [1.165, 1.54) is 11.1 Å². The molecule has 0 amide bonds. The minimum Gasteiger partial charge on any atom is -0.508 e. The monoisotopic (exact) mass is 212 g/mol. The average molecular weight is 212 g/mol. The van der Waals surface area contributed by atoms with E-state index >= 15 is 0 Å². The highest BCUT2D eigenvalue weighted by Gasteiger charge is 2.07. The zero-order valence-corrected chi connectivity index (χ0v) is 9.64. The molecule has 0 unspecified atom stereocenters. The third-order valence-electron chi connectivity index (χ3n) is 2.76. The normalized spacial score (nSPS) is 10.7. The lowest BCUT2D eigenvalue weighted by Gasteiger charge is -2.12. The number of aromatic hydroxyl groups is 1. The van der Waals surface area contributed by atoms with E-state index in [9.17, 15) is 5.11 Å². The average Bonchev–Trinajstić information content (AvgIpc) is 2.30. The van der Waals surface area contributed by atoms with Crippen LogP contribution >= 0.6 is 0 Å². The fourth-order valence-electron chi connectivity index (χ4n) is 1.90. The lowest BCUT2D eigenvalue weighted by atomic mass is 9.93. The highest BCUT2D eigenvalue weighted by molar-refractivity contribution is 5.68. The molecule has 82 valence electrons. The van der Waals surface area contributed by atoms with Gasteiger partial charge in [0.15, 0.2) is 0 Å². The van der Waals surface area contributed by atoms with Gasteiger partial charge >= 0.3 is 0 Å². The molecule has 1 heteroatoms. The van der Waals surface area contributed by atoms with Crippen LogP contribution in [0.3, 0.4) is 0 Å². The molecule has 0 aliphatic heterocycles. The molecule has 1 nitrogen and oxygen atoms in total. The molecule has 0 spiro atoms. The van der Waals surface area contributed by atoms with Gasteiger partial charge < -0.3 is 5.11 Å². The van der Waals surface area contributed by atoms with E-state index in [0.29, 0.717) is 11.7 Å². The molecule has 0 aliphatic carbocycles. The fourth-order valence-corrected chi connectivity index (χ4v) is 1.90. The van der Waals surface area contributed by atoms with Crippen LogP contribution in [0.5, 0.6) is 5.75 Å². The highest BCUT2D eigenvalue weighted by atomic mass is 16.3. The summed E-state index contributed by atoms with van der Waals surface area (Å²) in [4.78, 5) is 0. The molecular formula is C15H16O. The van der Waals surface area contributed by atoms with E-state index in [1.54, 1.807) is 12.1 Å². The first-order chi connectivity index (χ1) is 7.68. The zero-order chi connectivity index (χ0) is 11.5. The standard InChI is InChI=1S/C15H16O/c1-11(2)14-5-3-4-6-15(14)12-7-9-13(16)10-8-12/h3-11,16H,1-2H3. The van der Waals surface area contributed by atoms with Crippen LogP contribution in [0.1, 0.15) is 25.3 Å². The van der Waals surface area contributed by atoms with Crippen molar-refractivity contribution in [3.8, 4) is 16.9 Å². The van der Waals surface area contributed by atoms with E-state index < -0.39 is 0 Å². The number of benzene rings is 2. The first-order valence-electron chi connectivity index (χ1n) is 5.57. The predicted octanol–water partition coefficient (Wildman–Crippen LogP) is 4.18. The van der Waals surface area contributed by atoms with E-state index in [0.717, 1.165) is 5.56 Å². The number of rotatable bonds is 2. The summed E-state index contributed by atoms with van der Waals surface area (Å²) >= 11 is 0. The van der Waals surface area contributed by atoms with Gasteiger partial charge in [-0.15, -0.1) is 0 Å². The summed E-state index contributed by atoms with van der Waals surface area (Å²) in [6.07, 6.45) is 0. The quantitative estimate of drug-likeness (QED) is 0.791. The van der Waals surface area contributed by atoms with E-state index in [4.69, 9.17) is 0 Å². The van der Waals surface area contributed by atoms with Crippen molar-refractivity contribution in [2.45, 2.75) is 19.8 Å². The molecule has 2 aromatic carbocycles. The molecule has 0 heterocycles. The van der Waals surface area contributed by atoms with Gasteiger partial charge in [0, 0.05) is 0 Å². The third kappa shape index (κ3) is 2.08. The van der Waals surface area contributed by atoms with Crippen LogP contribution in [0.4, 0.5) is 0 Å². The molecule has 0 fully saturated rings. The summed E-state index contributed by atoms with van der Waals surface area (Å²) in [6, 6.07) is 15.8. The third-order valence-corrected chi connectivity index (χ3v) is 2.76. The molecule has 0 saturated carbocycles. The van der Waals surface area contributed by atoms with Gasteiger partial charge in [0.1, 0.15) is 5.75 Å². The van der Waals surface area contributed by atoms with Crippen molar-refractivity contribution in [1.82, 2.24) is 0 Å². The Hall–Kier alpha value is -1.76. The maximum absolute atomic E-state index is 9.28. The molecule has 2 rings (SSSR count). The second-order valence-electron chi connectivity index (χ2n) is 4.29. The van der Waals surface area contributed by atoms with Crippen molar-refractivity contribution in [2.24, 2.45) is 0 Å². The molecule has 1 N–H and O–H groups in total. The van der Waals surface area contributed by atoms with Crippen molar-refractivity contribution in [2.75, 3.05) is 0 Å². The van der Waals surface area contributed by atoms with Gasteiger partial charge in [0.05, 0.1) is 0 Å². The summed E-state index contributed by atoms with van der Waals surface area (Å²) in [5.41, 5.74) is 3.74. The van der Waals surface area contributed by atoms with Gasteiger partial charge in [-0.3, -0.25) is 0 Å². The highest BCUT2D eigenvalue weighted by Crippen LogP contribution is 2.29. The lowest BCUT2D eigenvalue weighted by molar-refractivity contribution is 0.475. The van der Waals surface area contributed by atoms with Gasteiger partial charge in [0.2, 0.25) is 0 Å². The second-order valence-corrected chi connectivity index (χ2v) is 4.29. The van der Waals surface area contributed by atoms with Crippen LogP contribution in [0.2, 0.25) is 0 Å². The number of phenolic OH excluding ortho intramolecular Hbond substituents is 1. The Labute approximate surface area is 96.4 Å². The van der Waals surface area contributed by atoms with Gasteiger partial charge in [-0.05, 0) is 34.7 Å². The van der Waals surface area contributed by atoms with Crippen LogP contribution < -0.4 is 0 Å². The van der Waals surface area contributed by atoms with Crippen molar-refractivity contribution >= 4 is 0 Å². The van der Waals surface area contributed by atoms with Crippen molar-refractivity contribution in [3.05, 3.63) is 54.1 Å². The summed E-state index contributed by atoms with van der Waals surface area (Å²) in [5, 5.41) is 9.28. The number of phenols is 1. The van der Waals surface area contributed by atoms with Crippen LogP contribution in [0.15, 0.2) is 48.5 Å². The summed E-state index contributed by atoms with van der Waals surface area (Å²) in [5.74, 6) is 0.816. The Morgan fingerprint density at radius 2 is 1.50 bits per heavy atom. The van der Waals surface area contributed by atoms with E-state index in [-0.39, 0.29) is 0 Å². The number of hydrogen-bond donors (Lipinski definition) is 1. The van der Waals surface area contributed by atoms with Crippen molar-refractivity contribution in [1.29, 1.82) is 0 Å². The molecule has 16 heavy (non-hydrogen) atoms. The van der Waals surface area contributed by atoms with Crippen LogP contribution in [-0.4, -0.2) is 5.11 Å². The maximum Gasteiger partial charge on any atom is 0.115 e. The smallest absolute Gasteiger partial charge is 0.115 e. The van der Waals surface area contributed by atoms with Crippen molar-refractivity contribution < 1.29 is 5.11 Å². The maximum atomic E-state index is 9.28. The molecule has 0 bridgehead atoms. The first-order valence-corrected chi connectivity index (χ1v) is 5.57. The Balaban J connectivity index is 2.51. The summed E-state index contributed by atoms with van der Waals surface area (Å²) in [7, 11) is 0. The van der Waals surface area contributed by atoms with Crippen LogP contribution in [0.25, 0.3) is 11.1 Å². The summed E-state index contributed by atoms with van der Waals surface area (Å²) in [6.45, 7) is 4.39. The topological polar surface area (TPSA) is 20.2 Å². The molecule has 0 aromatic heterocycles. The molecule has 0 aliphatic rings. The van der Waals surface area contributed by atoms with Gasteiger partial charge in [0.25, 0.3) is 0 Å². The van der Waals surface area contributed by atoms with Crippen molar-refractivity contribution in [3.63, 3.8) is 0 Å². The van der Waals surface area contributed by atoms with Gasteiger partial charge in [-0.25, -0.2) is 0 Å². The molecule has 0 radical (unpaired) electrons. The zero-order valence-electron chi connectivity index (χ0n) is 9.64. The number of hydrogen-bond acceptors (Lipinski definition) is 1. The molecule has 0 saturated heterocycles. The van der Waals surface area contributed by atoms with E-state index in [2.05, 4.69) is 32.0 Å². The van der Waals surface area contributed by atoms with Crippen LogP contribution in [0, 0.1) is 0 Å². The lowest BCUT2D eigenvalue weighted by Crippen LogP contribution is -1.91. The second kappa shape index (κ2) is 4.40. The molecule has 0 atom stereocenters. The Bertz CT molecular complexity index is 469. The summed E-state index contributed by atoms with van der Waals surface area (Å²) < 4.78 is 0. The van der Waals surface area contributed by atoms with Gasteiger partial charge in [-0.1, -0.05) is 50.2 Å². The predicted molar refractivity (Wildman–Crippen MR) is 67.6 cm³/mol. The fraction of sp³-hybridized carbons (Fsp3) is 0.200. The van der Waals surface area contributed by atoms with E-state index in [1.807, 2.05) is 18.2 Å². The largest absolute Gasteiger partial charge is 0.508 e. The minimum atomic E-state index is 0.311. The minimum absolute atomic E-state index is 0.311. The first kappa shape index (κ1) is 10.7. The Morgan fingerprint density at radius 3 is 2.12 bits per heavy atom. The van der Waals surface area contributed by atoms with Gasteiger partial charge in [-0.2, -0.15) is 0 Å². The SMILES string of the molecule is CC(C)c1ccccc1-c1ccc(O)cc1. The Kier molecular flexibility index (Phi) is 2.95. The Morgan fingerprint density at radius 1 is 0.875 bits per heavy atom.